The first-order valence-corrected chi connectivity index (χ1v) is 12.4. The van der Waals surface area contributed by atoms with Gasteiger partial charge in [-0.1, -0.05) is 17.7 Å². The number of rotatable bonds is 8. The van der Waals surface area contributed by atoms with E-state index < -0.39 is 11.7 Å². The number of amides is 1. The number of hydrogen-bond acceptors (Lipinski definition) is 6. The molecule has 7 nitrogen and oxygen atoms in total. The highest BCUT2D eigenvalue weighted by molar-refractivity contribution is 6.31. The van der Waals surface area contributed by atoms with Crippen molar-refractivity contribution in [3.8, 4) is 11.6 Å². The topological polar surface area (TPSA) is 90.4 Å². The molecule has 1 N–H and O–H groups in total. The molecular formula is C28H25ClF3N3O4. The van der Waals surface area contributed by atoms with Crippen molar-refractivity contribution in [1.29, 1.82) is 0 Å². The van der Waals surface area contributed by atoms with Crippen molar-refractivity contribution >= 4 is 28.9 Å². The smallest absolute Gasteiger partial charge is 0.417 e. The van der Waals surface area contributed by atoms with Gasteiger partial charge in [-0.05, 0) is 67.3 Å². The van der Waals surface area contributed by atoms with Gasteiger partial charge in [-0.3, -0.25) is 14.6 Å². The molecule has 11 heteroatoms. The number of alkyl halides is 3. The van der Waals surface area contributed by atoms with Gasteiger partial charge in [0.1, 0.15) is 22.2 Å². The van der Waals surface area contributed by atoms with Gasteiger partial charge in [0.2, 0.25) is 5.88 Å². The third-order valence-corrected chi connectivity index (χ3v) is 6.60. The maximum Gasteiger partial charge on any atom is 0.417 e. The molecule has 0 bridgehead atoms. The van der Waals surface area contributed by atoms with Gasteiger partial charge < -0.3 is 14.8 Å². The summed E-state index contributed by atoms with van der Waals surface area (Å²) in [7, 11) is 1.51. The maximum atomic E-state index is 13.1. The number of aryl methyl sites for hydroxylation is 2. The molecule has 0 spiro atoms. The molecule has 0 saturated heterocycles. The molecule has 2 heterocycles. The second-order valence-electron chi connectivity index (χ2n) is 9.07. The lowest BCUT2D eigenvalue weighted by molar-refractivity contribution is -0.137. The largest absolute Gasteiger partial charge is 0.500 e. The number of carbonyl (C=O) groups excluding carboxylic acids is 2. The molecule has 4 rings (SSSR count). The van der Waals surface area contributed by atoms with E-state index in [4.69, 9.17) is 21.1 Å². The lowest BCUT2D eigenvalue weighted by Gasteiger charge is -2.17. The standard InChI is InChI=1S/C28H25ClF3N3O4/c1-15-10-19(39-27-20(29)13-18(14-35-27)28(30,31)32)11-16(2)23(15)24-22(36)12-17(25(24)38-3)7-9-34-26(37)21-6-4-5-8-33-21/h4-6,8,10-11,13-14,17H,7,9,12H2,1-3H3,(H,34,37). The summed E-state index contributed by atoms with van der Waals surface area (Å²) in [5.74, 6) is 0.0820. The molecule has 0 aliphatic heterocycles. The number of ketones is 1. The molecule has 1 amide bonds. The Balaban J connectivity index is 1.53. The molecule has 0 saturated carbocycles. The molecule has 1 atom stereocenters. The van der Waals surface area contributed by atoms with E-state index in [9.17, 15) is 22.8 Å². The van der Waals surface area contributed by atoms with Gasteiger partial charge >= 0.3 is 6.18 Å². The average Bonchev–Trinajstić information content (AvgIpc) is 3.19. The number of nitrogens with zero attached hydrogens (tertiary/aromatic N) is 2. The summed E-state index contributed by atoms with van der Waals surface area (Å²) < 4.78 is 50.1. The van der Waals surface area contributed by atoms with Gasteiger partial charge in [-0.2, -0.15) is 13.2 Å². The lowest BCUT2D eigenvalue weighted by atomic mass is 9.94. The number of allylic oxidation sites excluding steroid dienone is 2. The van der Waals surface area contributed by atoms with Crippen LogP contribution >= 0.6 is 11.6 Å². The highest BCUT2D eigenvalue weighted by Gasteiger charge is 2.36. The van der Waals surface area contributed by atoms with Crippen LogP contribution in [-0.2, 0) is 15.7 Å². The van der Waals surface area contributed by atoms with E-state index in [1.807, 2.05) is 0 Å². The molecule has 39 heavy (non-hydrogen) atoms. The Morgan fingerprint density at radius 2 is 1.87 bits per heavy atom. The van der Waals surface area contributed by atoms with Gasteiger partial charge in [-0.15, -0.1) is 0 Å². The summed E-state index contributed by atoms with van der Waals surface area (Å²) in [4.78, 5) is 33.2. The maximum absolute atomic E-state index is 13.1. The minimum atomic E-state index is -4.58. The van der Waals surface area contributed by atoms with Crippen molar-refractivity contribution in [3.63, 3.8) is 0 Å². The second kappa shape index (κ2) is 11.4. The SMILES string of the molecule is COC1=C(c2c(C)cc(Oc3ncc(C(F)(F)F)cc3Cl)cc2C)C(=O)CC1CCNC(=O)c1ccccn1. The predicted octanol–water partition coefficient (Wildman–Crippen LogP) is 6.32. The number of nitrogens with one attached hydrogen (secondary N) is 1. The van der Waals surface area contributed by atoms with Gasteiger partial charge in [0, 0.05) is 31.3 Å². The van der Waals surface area contributed by atoms with Crippen molar-refractivity contribution in [1.82, 2.24) is 15.3 Å². The Morgan fingerprint density at radius 1 is 1.15 bits per heavy atom. The first kappa shape index (κ1) is 28.1. The molecule has 0 fully saturated rings. The van der Waals surface area contributed by atoms with Crippen molar-refractivity contribution in [2.75, 3.05) is 13.7 Å². The molecule has 1 aromatic carbocycles. The Morgan fingerprint density at radius 3 is 2.46 bits per heavy atom. The van der Waals surface area contributed by atoms with E-state index in [-0.39, 0.29) is 34.9 Å². The fourth-order valence-corrected chi connectivity index (χ4v) is 4.82. The minimum absolute atomic E-state index is 0.0831. The zero-order valence-electron chi connectivity index (χ0n) is 21.4. The summed E-state index contributed by atoms with van der Waals surface area (Å²) in [6.07, 6.45) is -1.65. The van der Waals surface area contributed by atoms with Gasteiger partial charge in [0.15, 0.2) is 5.78 Å². The van der Waals surface area contributed by atoms with E-state index in [1.165, 1.54) is 13.3 Å². The van der Waals surface area contributed by atoms with Crippen molar-refractivity contribution in [2.45, 2.75) is 32.9 Å². The van der Waals surface area contributed by atoms with E-state index in [0.29, 0.717) is 58.6 Å². The van der Waals surface area contributed by atoms with Crippen molar-refractivity contribution in [3.05, 3.63) is 87.5 Å². The number of hydrogen-bond donors (Lipinski definition) is 1. The Labute approximate surface area is 228 Å². The van der Waals surface area contributed by atoms with Crippen LogP contribution in [0.3, 0.4) is 0 Å². The van der Waals surface area contributed by atoms with Crippen LogP contribution in [0.2, 0.25) is 5.02 Å². The van der Waals surface area contributed by atoms with Crippen LogP contribution in [0.1, 0.15) is 45.6 Å². The van der Waals surface area contributed by atoms with Crippen molar-refractivity contribution < 1.29 is 32.2 Å². The molecule has 1 unspecified atom stereocenters. The van der Waals surface area contributed by atoms with Crippen LogP contribution in [0.15, 0.2) is 54.6 Å². The van der Waals surface area contributed by atoms with Crippen LogP contribution in [0.25, 0.3) is 5.57 Å². The highest BCUT2D eigenvalue weighted by Crippen LogP contribution is 2.42. The van der Waals surface area contributed by atoms with Crippen LogP contribution < -0.4 is 10.1 Å². The zero-order chi connectivity index (χ0) is 28.3. The molecule has 1 aliphatic carbocycles. The Kier molecular flexibility index (Phi) is 8.25. The Bertz CT molecular complexity index is 1420. The second-order valence-corrected chi connectivity index (χ2v) is 9.48. The van der Waals surface area contributed by atoms with Gasteiger partial charge in [-0.25, -0.2) is 4.98 Å². The monoisotopic (exact) mass is 559 g/mol. The van der Waals surface area contributed by atoms with E-state index in [2.05, 4.69) is 15.3 Å². The molecular weight excluding hydrogens is 535 g/mol. The van der Waals surface area contributed by atoms with E-state index >= 15 is 0 Å². The summed E-state index contributed by atoms with van der Waals surface area (Å²) in [5.41, 5.74) is 1.89. The summed E-state index contributed by atoms with van der Waals surface area (Å²) >= 11 is 5.98. The van der Waals surface area contributed by atoms with Gasteiger partial charge in [0.05, 0.1) is 18.2 Å². The zero-order valence-corrected chi connectivity index (χ0v) is 22.1. The summed E-state index contributed by atoms with van der Waals surface area (Å²) in [6, 6.07) is 9.14. The van der Waals surface area contributed by atoms with E-state index in [0.717, 1.165) is 6.07 Å². The number of benzene rings is 1. The first-order chi connectivity index (χ1) is 18.5. The molecule has 1 aliphatic rings. The Hall–Kier alpha value is -3.92. The number of pyridine rings is 2. The fraction of sp³-hybridized carbons (Fsp3) is 0.286. The summed E-state index contributed by atoms with van der Waals surface area (Å²) in [5, 5.41) is 2.54. The molecule has 3 aromatic rings. The van der Waals surface area contributed by atoms with Crippen LogP contribution in [-0.4, -0.2) is 35.3 Å². The van der Waals surface area contributed by atoms with Crippen LogP contribution in [0.5, 0.6) is 11.6 Å². The number of aromatic nitrogens is 2. The number of Topliss-reactive ketones (excluding diaryl/α,β-unsaturated/α-hetero) is 1. The number of ether oxygens (including phenoxy) is 2. The predicted molar refractivity (Wildman–Crippen MR) is 138 cm³/mol. The number of methoxy groups -OCH3 is 1. The summed E-state index contributed by atoms with van der Waals surface area (Å²) in [6.45, 7) is 3.93. The van der Waals surface area contributed by atoms with Crippen molar-refractivity contribution in [2.24, 2.45) is 5.92 Å². The fourth-order valence-electron chi connectivity index (χ4n) is 4.62. The van der Waals surface area contributed by atoms with Crippen LogP contribution in [0.4, 0.5) is 13.2 Å². The molecule has 204 valence electrons. The van der Waals surface area contributed by atoms with Gasteiger partial charge in [0.25, 0.3) is 5.91 Å². The van der Waals surface area contributed by atoms with Crippen LogP contribution in [0, 0.1) is 19.8 Å². The average molecular weight is 560 g/mol. The first-order valence-electron chi connectivity index (χ1n) is 12.0. The third-order valence-electron chi connectivity index (χ3n) is 6.33. The quantitative estimate of drug-likeness (QED) is 0.347. The normalized spacial score (nSPS) is 15.5. The third kappa shape index (κ3) is 6.22. The number of carbonyl (C=O) groups is 2. The highest BCUT2D eigenvalue weighted by atomic mass is 35.5. The minimum Gasteiger partial charge on any atom is -0.500 e. The van der Waals surface area contributed by atoms with E-state index in [1.54, 1.807) is 44.2 Å². The molecule has 2 aromatic heterocycles. The number of halogens is 4. The molecule has 0 radical (unpaired) electrons. The lowest BCUT2D eigenvalue weighted by Crippen LogP contribution is -2.26.